The quantitative estimate of drug-likeness (QED) is 0.681. The fourth-order valence-electron chi connectivity index (χ4n) is 2.18. The monoisotopic (exact) mass is 366 g/mol. The van der Waals surface area contributed by atoms with Crippen molar-refractivity contribution in [2.75, 3.05) is 0 Å². The fraction of sp³-hybridized carbons (Fsp3) is 0.462. The Morgan fingerprint density at radius 3 is 3.00 bits per heavy atom. The minimum Gasteiger partial charge on any atom is -0.337 e. The van der Waals surface area contributed by atoms with Gasteiger partial charge in [0.25, 0.3) is 5.56 Å². The molecule has 3 heterocycles. The van der Waals surface area contributed by atoms with Crippen molar-refractivity contribution in [3.05, 3.63) is 33.0 Å². The van der Waals surface area contributed by atoms with Gasteiger partial charge in [0.05, 0.1) is 0 Å². The number of hydrogen-bond acceptors (Lipinski definition) is 6. The van der Waals surface area contributed by atoms with Crippen LogP contribution < -0.4 is 5.56 Å². The number of hydrogen-bond donors (Lipinski definition) is 0. The third-order valence-electron chi connectivity index (χ3n) is 3.34. The van der Waals surface area contributed by atoms with Gasteiger partial charge in [0.2, 0.25) is 5.89 Å². The maximum atomic E-state index is 12.5. The normalized spacial score (nSPS) is 11.4. The highest BCUT2D eigenvalue weighted by atomic mass is 79.9. The van der Waals surface area contributed by atoms with E-state index in [9.17, 15) is 4.79 Å². The molecule has 0 radical (unpaired) electrons. The second-order valence-corrected chi connectivity index (χ2v) is 5.75. The zero-order chi connectivity index (χ0) is 15.7. The molecule has 0 atom stereocenters. The summed E-state index contributed by atoms with van der Waals surface area (Å²) >= 11 is 3.28. The third kappa shape index (κ3) is 2.68. The molecule has 116 valence electrons. The molecular formula is C13H15BrN6O2. The van der Waals surface area contributed by atoms with Gasteiger partial charge in [-0.15, -0.1) is 0 Å². The summed E-state index contributed by atoms with van der Waals surface area (Å²) in [7, 11) is 1.74. The van der Waals surface area contributed by atoms with E-state index in [0.717, 1.165) is 19.3 Å². The summed E-state index contributed by atoms with van der Waals surface area (Å²) in [4.78, 5) is 21.0. The summed E-state index contributed by atoms with van der Waals surface area (Å²) in [6.07, 6.45) is 4.32. The lowest BCUT2D eigenvalue weighted by Crippen LogP contribution is -2.21. The van der Waals surface area contributed by atoms with Crippen molar-refractivity contribution in [3.8, 4) is 0 Å². The fourth-order valence-corrected chi connectivity index (χ4v) is 2.77. The van der Waals surface area contributed by atoms with Gasteiger partial charge in [-0.25, -0.2) is 9.67 Å². The molecule has 0 aliphatic heterocycles. The van der Waals surface area contributed by atoms with Crippen LogP contribution in [0.2, 0.25) is 0 Å². The molecule has 0 fully saturated rings. The van der Waals surface area contributed by atoms with Crippen molar-refractivity contribution < 1.29 is 4.52 Å². The largest absolute Gasteiger partial charge is 0.337 e. The van der Waals surface area contributed by atoms with Gasteiger partial charge in [-0.1, -0.05) is 18.5 Å². The van der Waals surface area contributed by atoms with E-state index in [2.05, 4.69) is 43.1 Å². The molecule has 0 aliphatic rings. The molecule has 22 heavy (non-hydrogen) atoms. The lowest BCUT2D eigenvalue weighted by Gasteiger charge is -2.01. The highest BCUT2D eigenvalue weighted by molar-refractivity contribution is 9.10. The molecular weight excluding hydrogens is 352 g/mol. The van der Waals surface area contributed by atoms with Gasteiger partial charge in [-0.05, 0) is 22.4 Å². The van der Waals surface area contributed by atoms with E-state index in [1.165, 1.54) is 10.9 Å². The highest BCUT2D eigenvalue weighted by Gasteiger charge is 2.15. The van der Waals surface area contributed by atoms with E-state index in [-0.39, 0.29) is 12.1 Å². The first-order valence-corrected chi connectivity index (χ1v) is 7.78. The van der Waals surface area contributed by atoms with Crippen LogP contribution >= 0.6 is 15.9 Å². The molecule has 0 unspecified atom stereocenters. The number of rotatable bonds is 5. The molecule has 3 aromatic rings. The van der Waals surface area contributed by atoms with E-state index < -0.39 is 0 Å². The van der Waals surface area contributed by atoms with Crippen LogP contribution in [0.1, 0.15) is 31.5 Å². The Bertz CT molecular complexity index is 865. The maximum Gasteiger partial charge on any atom is 0.266 e. The van der Waals surface area contributed by atoms with Crippen molar-refractivity contribution >= 4 is 27.0 Å². The molecule has 8 nitrogen and oxygen atoms in total. The number of aryl methyl sites for hydroxylation is 2. The molecule has 3 rings (SSSR count). The van der Waals surface area contributed by atoms with Crippen molar-refractivity contribution in [2.45, 2.75) is 32.7 Å². The molecule has 9 heteroatoms. The molecule has 0 aliphatic carbocycles. The van der Waals surface area contributed by atoms with Crippen molar-refractivity contribution in [1.82, 2.24) is 29.5 Å². The Balaban J connectivity index is 1.91. The van der Waals surface area contributed by atoms with Crippen LogP contribution in [0.3, 0.4) is 0 Å². The van der Waals surface area contributed by atoms with Gasteiger partial charge < -0.3 is 4.52 Å². The van der Waals surface area contributed by atoms with Crippen molar-refractivity contribution in [1.29, 1.82) is 0 Å². The number of nitrogens with zero attached hydrogens (tertiary/aromatic N) is 6. The predicted octanol–water partition coefficient (Wildman–Crippen LogP) is 1.67. The van der Waals surface area contributed by atoms with Crippen molar-refractivity contribution in [3.63, 3.8) is 0 Å². The van der Waals surface area contributed by atoms with Gasteiger partial charge in [-0.2, -0.15) is 10.1 Å². The Kier molecular flexibility index (Phi) is 4.06. The topological polar surface area (TPSA) is 91.6 Å². The van der Waals surface area contributed by atoms with E-state index in [4.69, 9.17) is 4.52 Å². The molecule has 0 spiro atoms. The Labute approximate surface area is 134 Å². The first-order valence-electron chi connectivity index (χ1n) is 6.99. The minimum atomic E-state index is -0.196. The van der Waals surface area contributed by atoms with Gasteiger partial charge in [0.1, 0.15) is 22.9 Å². The molecule has 0 saturated carbocycles. The molecule has 0 amide bonds. The first-order chi connectivity index (χ1) is 10.6. The van der Waals surface area contributed by atoms with Gasteiger partial charge >= 0.3 is 0 Å². The predicted molar refractivity (Wildman–Crippen MR) is 82.5 cm³/mol. The van der Waals surface area contributed by atoms with Crippen LogP contribution in [-0.4, -0.2) is 29.5 Å². The molecule has 0 saturated heterocycles. The summed E-state index contributed by atoms with van der Waals surface area (Å²) in [5, 5.41) is 8.50. The smallest absolute Gasteiger partial charge is 0.266 e. The first kappa shape index (κ1) is 14.9. The molecule has 0 N–H and O–H groups in total. The lowest BCUT2D eigenvalue weighted by molar-refractivity contribution is 0.364. The number of fused-ring (bicyclic) bond motifs is 1. The lowest BCUT2D eigenvalue weighted by atomic mass is 10.2. The van der Waals surface area contributed by atoms with Crippen molar-refractivity contribution in [2.24, 2.45) is 7.05 Å². The van der Waals surface area contributed by atoms with Gasteiger partial charge in [0, 0.05) is 13.5 Å². The van der Waals surface area contributed by atoms with Crippen LogP contribution in [-0.2, 0) is 20.0 Å². The summed E-state index contributed by atoms with van der Waals surface area (Å²) in [6.45, 7) is 2.30. The zero-order valence-corrected chi connectivity index (χ0v) is 13.9. The number of aromatic nitrogens is 6. The molecule has 3 aromatic heterocycles. The van der Waals surface area contributed by atoms with Gasteiger partial charge in [0.15, 0.2) is 11.5 Å². The van der Waals surface area contributed by atoms with Crippen LogP contribution in [0, 0.1) is 0 Å². The summed E-state index contributed by atoms with van der Waals surface area (Å²) in [5.74, 6) is 1.07. The second-order valence-electron chi connectivity index (χ2n) is 5.00. The molecule has 0 bridgehead atoms. The average Bonchev–Trinajstić information content (AvgIpc) is 3.05. The van der Waals surface area contributed by atoms with Gasteiger partial charge in [-0.3, -0.25) is 9.36 Å². The Hall–Kier alpha value is -2.03. The third-order valence-corrected chi connectivity index (χ3v) is 3.89. The average molecular weight is 367 g/mol. The van der Waals surface area contributed by atoms with Crippen LogP contribution in [0.4, 0.5) is 0 Å². The van der Waals surface area contributed by atoms with Crippen LogP contribution in [0.15, 0.2) is 20.2 Å². The van der Waals surface area contributed by atoms with E-state index in [0.29, 0.717) is 27.4 Å². The summed E-state index contributed by atoms with van der Waals surface area (Å²) in [6, 6.07) is 0. The van der Waals surface area contributed by atoms with E-state index >= 15 is 0 Å². The maximum absolute atomic E-state index is 12.5. The summed E-state index contributed by atoms with van der Waals surface area (Å²) in [5.41, 5.74) is 0.334. The van der Waals surface area contributed by atoms with Crippen LogP contribution in [0.5, 0.6) is 0 Å². The van der Waals surface area contributed by atoms with E-state index in [1.807, 2.05) is 0 Å². The van der Waals surface area contributed by atoms with E-state index in [1.54, 1.807) is 11.7 Å². The van der Waals surface area contributed by atoms with Crippen LogP contribution in [0.25, 0.3) is 11.0 Å². The zero-order valence-electron chi connectivity index (χ0n) is 12.3. The molecule has 0 aromatic carbocycles. The summed E-state index contributed by atoms with van der Waals surface area (Å²) < 4.78 is 8.66. The standard InChI is InChI=1S/C13H15BrN6O2/c1-3-4-5-8-16-9(22-18-8)6-20-7-15-12-10(13(20)21)11(14)17-19(12)2/h7H,3-6H2,1-2H3. The second kappa shape index (κ2) is 5.99. The minimum absolute atomic E-state index is 0.196. The Morgan fingerprint density at radius 2 is 2.23 bits per heavy atom. The number of unbranched alkanes of at least 4 members (excludes halogenated alkanes) is 1. The highest BCUT2D eigenvalue weighted by Crippen LogP contribution is 2.16. The Morgan fingerprint density at radius 1 is 1.41 bits per heavy atom. The number of halogens is 1. The SMILES string of the molecule is CCCCc1noc(Cn2cnc3c(c(Br)nn3C)c2=O)n1.